The van der Waals surface area contributed by atoms with Crippen LogP contribution in [0.3, 0.4) is 0 Å². The number of fused-ring (bicyclic) bond motifs is 1. The zero-order valence-corrected chi connectivity index (χ0v) is 24.9. The lowest BCUT2D eigenvalue weighted by atomic mass is 9.73. The number of ether oxygens (including phenoxy) is 2. The number of carbonyl (C=O) groups excluding carboxylic acids is 2. The van der Waals surface area contributed by atoms with Crippen molar-refractivity contribution in [3.8, 4) is 11.5 Å². The van der Waals surface area contributed by atoms with E-state index in [9.17, 15) is 9.59 Å². The van der Waals surface area contributed by atoms with E-state index in [1.165, 1.54) is 6.92 Å². The summed E-state index contributed by atoms with van der Waals surface area (Å²) in [5, 5.41) is 0. The molecule has 1 aliphatic heterocycles. The van der Waals surface area contributed by atoms with Gasteiger partial charge in [-0.2, -0.15) is 0 Å². The van der Waals surface area contributed by atoms with E-state index in [1.807, 2.05) is 25.1 Å². The molecule has 0 N–H and O–H groups in total. The fraction of sp³-hybridized carbons (Fsp3) is 0.630. The molecule has 5 nitrogen and oxygen atoms in total. The molecule has 1 heterocycles. The van der Waals surface area contributed by atoms with Crippen molar-refractivity contribution in [2.75, 3.05) is 0 Å². The lowest BCUT2D eigenvalue weighted by Gasteiger charge is -2.44. The summed E-state index contributed by atoms with van der Waals surface area (Å²) < 4.78 is 20.3. The third-order valence-electron chi connectivity index (χ3n) is 7.56. The van der Waals surface area contributed by atoms with Crippen LogP contribution in [0.4, 0.5) is 0 Å². The highest BCUT2D eigenvalue weighted by molar-refractivity contribution is 9.10. The smallest absolute Gasteiger partial charge is 0.302 e. The minimum atomic E-state index is -2.26. The minimum Gasteiger partial charge on any atom is -0.542 e. The summed E-state index contributed by atoms with van der Waals surface area (Å²) in [6.45, 7) is 20.8. The maximum absolute atomic E-state index is 12.1. The molecule has 0 spiro atoms. The van der Waals surface area contributed by atoms with Crippen molar-refractivity contribution in [2.24, 2.45) is 0 Å². The highest BCUT2D eigenvalue weighted by atomic mass is 79.9. The average molecular weight is 554 g/mol. The van der Waals surface area contributed by atoms with Gasteiger partial charge in [0.1, 0.15) is 30.0 Å². The largest absolute Gasteiger partial charge is 0.542 e. The number of hydrogen-bond donors (Lipinski definition) is 0. The van der Waals surface area contributed by atoms with Crippen molar-refractivity contribution in [3.63, 3.8) is 0 Å². The van der Waals surface area contributed by atoms with Gasteiger partial charge in [-0.15, -0.1) is 0 Å². The van der Waals surface area contributed by atoms with Crippen molar-refractivity contribution >= 4 is 36.5 Å². The quantitative estimate of drug-likeness (QED) is 0.130. The monoisotopic (exact) mass is 552 g/mol. The predicted molar refractivity (Wildman–Crippen MR) is 143 cm³/mol. The molecule has 0 radical (unpaired) electrons. The van der Waals surface area contributed by atoms with Gasteiger partial charge < -0.3 is 13.9 Å². The second kappa shape index (κ2) is 11.0. The van der Waals surface area contributed by atoms with Gasteiger partial charge in [0.25, 0.3) is 8.32 Å². The Kier molecular flexibility index (Phi) is 9.25. The van der Waals surface area contributed by atoms with Crippen LogP contribution in [0.2, 0.25) is 16.6 Å². The number of esters is 1. The lowest BCUT2D eigenvalue weighted by Crippen LogP contribution is -2.51. The number of rotatable bonds is 10. The number of halogens is 1. The van der Waals surface area contributed by atoms with Gasteiger partial charge in [0.15, 0.2) is 0 Å². The Labute approximate surface area is 214 Å². The van der Waals surface area contributed by atoms with E-state index < -0.39 is 19.8 Å². The standard InChI is InChI=1S/C27H41BrO5Si/c1-16(2)34(17(3)4,18(5)6)33-23-13-12-22(28)26-25(23)27(10,20(8)31-26)24(32-21(9)30)14-11-19(7)15-29/h11-13,15-18,20,24H,14H2,1-10H3/b19-11+/t20-,24-,27-/m1/s1. The fourth-order valence-corrected chi connectivity index (χ4v) is 11.4. The normalized spacial score (nSPS) is 21.5. The molecule has 1 aliphatic rings. The summed E-state index contributed by atoms with van der Waals surface area (Å²) in [4.78, 5) is 23.4. The van der Waals surface area contributed by atoms with E-state index in [0.29, 0.717) is 28.6 Å². The Bertz CT molecular complexity index is 917. The topological polar surface area (TPSA) is 61.8 Å². The van der Waals surface area contributed by atoms with Crippen LogP contribution in [-0.2, 0) is 19.7 Å². The van der Waals surface area contributed by atoms with Crippen molar-refractivity contribution in [3.05, 3.63) is 33.8 Å². The number of carbonyl (C=O) groups is 2. The molecule has 0 fully saturated rings. The van der Waals surface area contributed by atoms with Crippen molar-refractivity contribution in [2.45, 2.75) is 110 Å². The molecule has 0 amide bonds. The molecule has 34 heavy (non-hydrogen) atoms. The van der Waals surface area contributed by atoms with Crippen molar-refractivity contribution in [1.29, 1.82) is 0 Å². The van der Waals surface area contributed by atoms with Crippen LogP contribution < -0.4 is 9.16 Å². The summed E-state index contributed by atoms with van der Waals surface area (Å²) in [5.41, 5.74) is 2.06. The summed E-state index contributed by atoms with van der Waals surface area (Å²) in [6.07, 6.45) is 2.24. The Balaban J connectivity index is 2.76. The second-order valence-electron chi connectivity index (χ2n) is 10.6. The lowest BCUT2D eigenvalue weighted by molar-refractivity contribution is -0.151. The third-order valence-corrected chi connectivity index (χ3v) is 14.2. The van der Waals surface area contributed by atoms with Gasteiger partial charge in [0.05, 0.1) is 9.89 Å². The van der Waals surface area contributed by atoms with Gasteiger partial charge in [-0.3, -0.25) is 9.59 Å². The van der Waals surface area contributed by atoms with Crippen LogP contribution in [-0.4, -0.2) is 32.8 Å². The van der Waals surface area contributed by atoms with Gasteiger partial charge in [0, 0.05) is 18.9 Å². The molecule has 0 unspecified atom stereocenters. The van der Waals surface area contributed by atoms with Crippen LogP contribution >= 0.6 is 15.9 Å². The summed E-state index contributed by atoms with van der Waals surface area (Å²) in [7, 11) is -2.26. The molecule has 1 aromatic rings. The van der Waals surface area contributed by atoms with Crippen LogP contribution in [0.25, 0.3) is 0 Å². The number of hydrogen-bond acceptors (Lipinski definition) is 5. The van der Waals surface area contributed by atoms with Crippen molar-refractivity contribution in [1.82, 2.24) is 0 Å². The Hall–Kier alpha value is -1.60. The van der Waals surface area contributed by atoms with E-state index in [4.69, 9.17) is 13.9 Å². The Morgan fingerprint density at radius 3 is 2.18 bits per heavy atom. The molecule has 0 bridgehead atoms. The maximum Gasteiger partial charge on any atom is 0.302 e. The zero-order valence-electron chi connectivity index (χ0n) is 22.3. The van der Waals surface area contributed by atoms with Crippen LogP contribution in [0.15, 0.2) is 28.3 Å². The Morgan fingerprint density at radius 1 is 1.15 bits per heavy atom. The molecule has 7 heteroatoms. The number of aldehydes is 1. The number of allylic oxidation sites excluding steroid dienone is 1. The molecule has 0 aliphatic carbocycles. The fourth-order valence-electron chi connectivity index (χ4n) is 5.68. The molecule has 2 rings (SSSR count). The maximum atomic E-state index is 12.1. The SMILES string of the molecule is CC(=O)O[C@H](C/C=C(\C)C=O)[C@]1(C)c2c(O[Si](C(C)C)(C(C)C)C(C)C)ccc(Br)c2O[C@@H]1C. The highest BCUT2D eigenvalue weighted by Gasteiger charge is 2.54. The molecule has 1 aromatic carbocycles. The number of benzene rings is 1. The molecule has 3 atom stereocenters. The molecule has 0 saturated carbocycles. The highest BCUT2D eigenvalue weighted by Crippen LogP contribution is 2.55. The third kappa shape index (κ3) is 5.15. The summed E-state index contributed by atoms with van der Waals surface area (Å²) in [6, 6.07) is 4.00. The zero-order chi connectivity index (χ0) is 26.0. The molecular weight excluding hydrogens is 512 g/mol. The van der Waals surface area contributed by atoms with E-state index in [1.54, 1.807) is 6.92 Å². The van der Waals surface area contributed by atoms with Gasteiger partial charge in [-0.25, -0.2) is 0 Å². The van der Waals surface area contributed by atoms with Gasteiger partial charge >= 0.3 is 5.97 Å². The first-order valence-electron chi connectivity index (χ1n) is 12.2. The predicted octanol–water partition coefficient (Wildman–Crippen LogP) is 7.51. The van der Waals surface area contributed by atoms with E-state index in [-0.39, 0.29) is 12.1 Å². The van der Waals surface area contributed by atoms with E-state index in [0.717, 1.165) is 27.8 Å². The minimum absolute atomic E-state index is 0.272. The average Bonchev–Trinajstić information content (AvgIpc) is 3.02. The molecular formula is C27H41BrO5Si. The summed E-state index contributed by atoms with van der Waals surface area (Å²) in [5.74, 6) is 1.18. The van der Waals surface area contributed by atoms with Crippen LogP contribution in [0.5, 0.6) is 11.5 Å². The van der Waals surface area contributed by atoms with Crippen molar-refractivity contribution < 1.29 is 23.5 Å². The van der Waals surface area contributed by atoms with Gasteiger partial charge in [0.2, 0.25) is 0 Å². The Morgan fingerprint density at radius 2 is 1.71 bits per heavy atom. The molecule has 0 saturated heterocycles. The first kappa shape index (κ1) is 28.6. The van der Waals surface area contributed by atoms with Gasteiger partial charge in [-0.05, 0) is 71.0 Å². The van der Waals surface area contributed by atoms with Gasteiger partial charge in [-0.1, -0.05) is 47.6 Å². The van der Waals surface area contributed by atoms with Crippen LogP contribution in [0, 0.1) is 0 Å². The van der Waals surface area contributed by atoms with E-state index >= 15 is 0 Å². The first-order chi connectivity index (χ1) is 15.7. The second-order valence-corrected chi connectivity index (χ2v) is 16.8. The molecule has 0 aromatic heterocycles. The van der Waals surface area contributed by atoms with Crippen LogP contribution in [0.1, 0.15) is 81.2 Å². The summed E-state index contributed by atoms with van der Waals surface area (Å²) >= 11 is 3.67. The first-order valence-corrected chi connectivity index (χ1v) is 15.1. The molecule has 190 valence electrons. The van der Waals surface area contributed by atoms with E-state index in [2.05, 4.69) is 64.4 Å².